The van der Waals surface area contributed by atoms with Crippen LogP contribution in [0.25, 0.3) is 33.3 Å². The molecular formula is C19H14N6O2S. The Morgan fingerprint density at radius 1 is 1.14 bits per heavy atom. The van der Waals surface area contributed by atoms with Gasteiger partial charge in [-0.25, -0.2) is 9.98 Å². The minimum atomic E-state index is -0.348. The van der Waals surface area contributed by atoms with E-state index in [4.69, 9.17) is 4.52 Å². The Kier molecular flexibility index (Phi) is 4.01. The maximum absolute atomic E-state index is 12.1. The summed E-state index contributed by atoms with van der Waals surface area (Å²) < 4.78 is 6.54. The Morgan fingerprint density at radius 2 is 1.93 bits per heavy atom. The molecule has 1 aliphatic carbocycles. The molecule has 0 aliphatic heterocycles. The van der Waals surface area contributed by atoms with Gasteiger partial charge in [-0.2, -0.15) is 0 Å². The molecule has 138 valence electrons. The van der Waals surface area contributed by atoms with Crippen molar-refractivity contribution in [2.45, 2.75) is 18.6 Å². The molecule has 5 rings (SSSR count). The van der Waals surface area contributed by atoms with Gasteiger partial charge in [0.25, 0.3) is 6.20 Å². The molecule has 0 radical (unpaired) electrons. The van der Waals surface area contributed by atoms with E-state index in [1.165, 1.54) is 11.8 Å². The first kappa shape index (κ1) is 16.8. The summed E-state index contributed by atoms with van der Waals surface area (Å²) in [7, 11) is 0. The van der Waals surface area contributed by atoms with Gasteiger partial charge in [-0.3, -0.25) is 4.52 Å². The van der Waals surface area contributed by atoms with E-state index in [2.05, 4.69) is 37.6 Å². The van der Waals surface area contributed by atoms with E-state index in [1.807, 2.05) is 31.2 Å². The predicted octanol–water partition coefficient (Wildman–Crippen LogP) is 2.15. The molecule has 0 bridgehead atoms. The Balaban J connectivity index is 1.40. The number of aliphatic imine (C=N–C) groups is 1. The van der Waals surface area contributed by atoms with Gasteiger partial charge in [0.15, 0.2) is 6.54 Å². The SMILES string of the molecule is CC[n+]1cc(/N=C(/[O-])CSc2nnc3c(n2)-c2cccc4cccc-3c24)on1. The van der Waals surface area contributed by atoms with Crippen LogP contribution >= 0.6 is 11.8 Å². The summed E-state index contributed by atoms with van der Waals surface area (Å²) in [4.78, 5) is 8.54. The van der Waals surface area contributed by atoms with E-state index < -0.39 is 0 Å². The first-order valence-electron chi connectivity index (χ1n) is 8.74. The van der Waals surface area contributed by atoms with Crippen LogP contribution in [0.15, 0.2) is 57.3 Å². The van der Waals surface area contributed by atoms with E-state index in [0.29, 0.717) is 11.7 Å². The van der Waals surface area contributed by atoms with Crippen molar-refractivity contribution in [3.8, 4) is 22.5 Å². The zero-order chi connectivity index (χ0) is 19.1. The molecule has 0 atom stereocenters. The summed E-state index contributed by atoms with van der Waals surface area (Å²) in [5.74, 6) is -0.0776. The fourth-order valence-corrected chi connectivity index (χ4v) is 3.80. The van der Waals surface area contributed by atoms with Crippen LogP contribution in [0, 0.1) is 0 Å². The summed E-state index contributed by atoms with van der Waals surface area (Å²) in [6.45, 7) is 2.56. The highest BCUT2D eigenvalue weighted by Crippen LogP contribution is 2.44. The Hall–Kier alpha value is -3.33. The average molecular weight is 390 g/mol. The first-order valence-corrected chi connectivity index (χ1v) is 9.72. The highest BCUT2D eigenvalue weighted by molar-refractivity contribution is 7.99. The smallest absolute Gasteiger partial charge is 0.320 e. The lowest BCUT2D eigenvalue weighted by atomic mass is 10.0. The molecule has 4 aromatic rings. The summed E-state index contributed by atoms with van der Waals surface area (Å²) in [5.41, 5.74) is 3.66. The average Bonchev–Trinajstić information content (AvgIpc) is 3.31. The molecule has 1 aliphatic rings. The largest absolute Gasteiger partial charge is 0.861 e. The van der Waals surface area contributed by atoms with E-state index >= 15 is 0 Å². The summed E-state index contributed by atoms with van der Waals surface area (Å²) >= 11 is 1.20. The second-order valence-corrected chi connectivity index (χ2v) is 7.13. The van der Waals surface area contributed by atoms with Crippen LogP contribution in [0.3, 0.4) is 0 Å². The fourth-order valence-electron chi connectivity index (χ4n) is 3.23. The number of hydrogen-bond donors (Lipinski definition) is 0. The number of rotatable bonds is 5. The van der Waals surface area contributed by atoms with E-state index in [-0.39, 0.29) is 17.5 Å². The topological polar surface area (TPSA) is 104 Å². The van der Waals surface area contributed by atoms with Crippen molar-refractivity contribution < 1.29 is 14.3 Å². The van der Waals surface area contributed by atoms with Gasteiger partial charge in [-0.1, -0.05) is 52.8 Å². The summed E-state index contributed by atoms with van der Waals surface area (Å²) in [6, 6.07) is 12.2. The Morgan fingerprint density at radius 3 is 2.68 bits per heavy atom. The van der Waals surface area contributed by atoms with Gasteiger partial charge < -0.3 is 5.11 Å². The quantitative estimate of drug-likeness (QED) is 0.196. The zero-order valence-corrected chi connectivity index (χ0v) is 15.7. The lowest BCUT2D eigenvalue weighted by Crippen LogP contribution is -2.32. The van der Waals surface area contributed by atoms with Crippen LogP contribution in [0.4, 0.5) is 5.88 Å². The highest BCUT2D eigenvalue weighted by atomic mass is 32.2. The van der Waals surface area contributed by atoms with Crippen molar-refractivity contribution in [3.05, 3.63) is 42.6 Å². The maximum atomic E-state index is 12.1. The molecule has 2 aromatic heterocycles. The van der Waals surface area contributed by atoms with Crippen molar-refractivity contribution in [1.82, 2.24) is 20.5 Å². The van der Waals surface area contributed by atoms with Crippen LogP contribution in [0.5, 0.6) is 0 Å². The van der Waals surface area contributed by atoms with Gasteiger partial charge in [0.2, 0.25) is 10.4 Å². The maximum Gasteiger partial charge on any atom is 0.320 e. The standard InChI is InChI=1S/C19H14N6O2S/c1-2-25-9-15(27-24-25)20-14(26)10-28-19-21-17-12-7-3-5-11-6-4-8-13(16(11)12)18(17)22-23-19/h3-9H,2,10H2,1H3. The number of aromatic nitrogens is 5. The summed E-state index contributed by atoms with van der Waals surface area (Å²) in [6.07, 6.45) is 1.58. The highest BCUT2D eigenvalue weighted by Gasteiger charge is 2.24. The molecule has 0 unspecified atom stereocenters. The van der Waals surface area contributed by atoms with Crippen molar-refractivity contribution in [2.75, 3.05) is 5.75 Å². The molecule has 2 aromatic carbocycles. The van der Waals surface area contributed by atoms with Gasteiger partial charge >= 0.3 is 5.88 Å². The number of hydrogen-bond acceptors (Lipinski definition) is 8. The summed E-state index contributed by atoms with van der Waals surface area (Å²) in [5, 5.41) is 27.1. The molecule has 9 heteroatoms. The molecule has 0 fully saturated rings. The molecule has 0 spiro atoms. The van der Waals surface area contributed by atoms with Gasteiger partial charge in [0.05, 0.1) is 0 Å². The number of aryl methyl sites for hydroxylation is 1. The molecule has 28 heavy (non-hydrogen) atoms. The molecular weight excluding hydrogens is 376 g/mol. The minimum Gasteiger partial charge on any atom is -0.861 e. The van der Waals surface area contributed by atoms with Gasteiger partial charge in [-0.05, 0) is 18.2 Å². The third-order valence-corrected chi connectivity index (χ3v) is 5.29. The minimum absolute atomic E-state index is 0.0877. The Bertz CT molecular complexity index is 1230. The second-order valence-electron chi connectivity index (χ2n) is 6.19. The van der Waals surface area contributed by atoms with Crippen LogP contribution in [0.2, 0.25) is 0 Å². The van der Waals surface area contributed by atoms with E-state index in [0.717, 1.165) is 33.3 Å². The van der Waals surface area contributed by atoms with Crippen molar-refractivity contribution >= 4 is 34.3 Å². The number of benzene rings is 2. The molecule has 0 saturated heterocycles. The number of nitrogens with zero attached hydrogens (tertiary/aromatic N) is 6. The van der Waals surface area contributed by atoms with Crippen molar-refractivity contribution in [1.29, 1.82) is 0 Å². The van der Waals surface area contributed by atoms with Crippen LogP contribution in [0.1, 0.15) is 6.92 Å². The van der Waals surface area contributed by atoms with Crippen molar-refractivity contribution in [3.63, 3.8) is 0 Å². The van der Waals surface area contributed by atoms with E-state index in [9.17, 15) is 5.11 Å². The lowest BCUT2D eigenvalue weighted by molar-refractivity contribution is -0.759. The molecule has 2 heterocycles. The molecule has 8 nitrogen and oxygen atoms in total. The second kappa shape index (κ2) is 6.68. The van der Waals surface area contributed by atoms with Gasteiger partial charge in [-0.15, -0.1) is 10.2 Å². The zero-order valence-electron chi connectivity index (χ0n) is 14.9. The predicted molar refractivity (Wildman–Crippen MR) is 102 cm³/mol. The van der Waals surface area contributed by atoms with Gasteiger partial charge in [0.1, 0.15) is 11.4 Å². The number of thioether (sulfide) groups is 1. The number of fused-ring (bicyclic) bond motifs is 3. The molecule has 0 amide bonds. The van der Waals surface area contributed by atoms with Crippen molar-refractivity contribution in [2.24, 2.45) is 4.99 Å². The fraction of sp³-hybridized carbons (Fsp3) is 0.158. The Labute approximate surface area is 163 Å². The van der Waals surface area contributed by atoms with Crippen LogP contribution in [-0.2, 0) is 6.54 Å². The third kappa shape index (κ3) is 2.80. The van der Waals surface area contributed by atoms with Crippen LogP contribution in [-0.4, -0.2) is 32.1 Å². The van der Waals surface area contributed by atoms with Gasteiger partial charge in [0, 0.05) is 22.3 Å². The molecule has 0 saturated carbocycles. The first-order chi connectivity index (χ1) is 13.7. The molecule has 0 N–H and O–H groups in total. The monoisotopic (exact) mass is 390 g/mol. The van der Waals surface area contributed by atoms with Crippen LogP contribution < -0.4 is 9.79 Å². The normalized spacial score (nSPS) is 12.5. The van der Waals surface area contributed by atoms with E-state index in [1.54, 1.807) is 10.9 Å². The lowest BCUT2D eigenvalue weighted by Gasteiger charge is -2.07. The third-order valence-electron chi connectivity index (χ3n) is 4.46.